The highest BCUT2D eigenvalue weighted by Gasteiger charge is 2.31. The predicted octanol–water partition coefficient (Wildman–Crippen LogP) is 1.29. The Morgan fingerprint density at radius 2 is 1.80 bits per heavy atom. The number of ether oxygens (including phenoxy) is 3. The molecule has 0 heterocycles. The Labute approximate surface area is 121 Å². The zero-order valence-corrected chi connectivity index (χ0v) is 12.9. The molecule has 0 fully saturated rings. The molecule has 2 N–H and O–H groups in total. The van der Waals surface area contributed by atoms with Crippen LogP contribution in [0.25, 0.3) is 0 Å². The lowest BCUT2D eigenvalue weighted by atomic mass is 9.98. The number of nitrogens with one attached hydrogen (secondary N) is 1. The highest BCUT2D eigenvalue weighted by molar-refractivity contribution is 5.78. The van der Waals surface area contributed by atoms with Crippen molar-refractivity contribution in [2.75, 3.05) is 46.7 Å². The van der Waals surface area contributed by atoms with Crippen LogP contribution in [-0.2, 0) is 19.0 Å². The van der Waals surface area contributed by atoms with Gasteiger partial charge in [-0.15, -0.1) is 0 Å². The van der Waals surface area contributed by atoms with Crippen molar-refractivity contribution in [3.63, 3.8) is 0 Å². The molecule has 120 valence electrons. The monoisotopic (exact) mass is 291 g/mol. The summed E-state index contributed by atoms with van der Waals surface area (Å²) in [7, 11) is 1.64. The molecule has 0 saturated carbocycles. The molecule has 0 aromatic rings. The highest BCUT2D eigenvalue weighted by Crippen LogP contribution is 2.10. The summed E-state index contributed by atoms with van der Waals surface area (Å²) in [5.74, 6) is -0.836. The second-order valence-corrected chi connectivity index (χ2v) is 4.89. The second-order valence-electron chi connectivity index (χ2n) is 4.89. The molecule has 0 saturated heterocycles. The van der Waals surface area contributed by atoms with Gasteiger partial charge in [-0.25, -0.2) is 0 Å². The molecule has 1 unspecified atom stereocenters. The second kappa shape index (κ2) is 12.1. The highest BCUT2D eigenvalue weighted by atomic mass is 16.5. The van der Waals surface area contributed by atoms with Crippen molar-refractivity contribution in [1.82, 2.24) is 5.32 Å². The van der Waals surface area contributed by atoms with E-state index in [1.165, 1.54) is 0 Å². The maximum absolute atomic E-state index is 11.2. The van der Waals surface area contributed by atoms with Gasteiger partial charge in [0.05, 0.1) is 13.2 Å². The molecule has 0 aliphatic heterocycles. The van der Waals surface area contributed by atoms with Crippen molar-refractivity contribution < 1.29 is 24.1 Å². The summed E-state index contributed by atoms with van der Waals surface area (Å²) in [6, 6.07) is 0. The zero-order valence-electron chi connectivity index (χ0n) is 12.9. The van der Waals surface area contributed by atoms with Crippen molar-refractivity contribution >= 4 is 5.97 Å². The van der Waals surface area contributed by atoms with Crippen LogP contribution in [0.5, 0.6) is 0 Å². The maximum Gasteiger partial charge on any atom is 0.323 e. The van der Waals surface area contributed by atoms with Crippen molar-refractivity contribution in [3.8, 4) is 0 Å². The van der Waals surface area contributed by atoms with Crippen LogP contribution in [-0.4, -0.2) is 63.3 Å². The van der Waals surface area contributed by atoms with E-state index in [0.717, 1.165) is 12.8 Å². The standard InChI is InChI=1S/C14H29NO5/c1-4-7-15-14(2,13(16)17)6-10-19-8-5-9-20-12-11-18-3/h15H,4-12H2,1-3H3,(H,16,17). The third kappa shape index (κ3) is 9.25. The summed E-state index contributed by atoms with van der Waals surface area (Å²) in [6.07, 6.45) is 2.16. The van der Waals surface area contributed by atoms with Crippen molar-refractivity contribution in [2.24, 2.45) is 0 Å². The molecule has 0 radical (unpaired) electrons. The van der Waals surface area contributed by atoms with Gasteiger partial charge in [0.25, 0.3) is 0 Å². The van der Waals surface area contributed by atoms with Gasteiger partial charge >= 0.3 is 5.97 Å². The molecule has 0 rings (SSSR count). The minimum absolute atomic E-state index is 0.428. The van der Waals surface area contributed by atoms with Crippen molar-refractivity contribution in [2.45, 2.75) is 38.6 Å². The first-order valence-corrected chi connectivity index (χ1v) is 7.19. The Morgan fingerprint density at radius 1 is 1.15 bits per heavy atom. The fourth-order valence-electron chi connectivity index (χ4n) is 1.56. The minimum Gasteiger partial charge on any atom is -0.480 e. The summed E-state index contributed by atoms with van der Waals surface area (Å²) in [5, 5.41) is 12.3. The van der Waals surface area contributed by atoms with E-state index in [2.05, 4.69) is 5.32 Å². The molecule has 0 aliphatic carbocycles. The number of carboxylic acid groups (broad SMARTS) is 1. The molecule has 1 atom stereocenters. The van der Waals surface area contributed by atoms with Gasteiger partial charge in [-0.1, -0.05) is 6.92 Å². The number of carboxylic acids is 1. The molecule has 6 nitrogen and oxygen atoms in total. The van der Waals surface area contributed by atoms with E-state index in [-0.39, 0.29) is 0 Å². The fourth-order valence-corrected chi connectivity index (χ4v) is 1.56. The Bertz CT molecular complexity index is 250. The average molecular weight is 291 g/mol. The molecule has 0 bridgehead atoms. The Morgan fingerprint density at radius 3 is 2.35 bits per heavy atom. The molecular formula is C14H29NO5. The molecule has 6 heteroatoms. The van der Waals surface area contributed by atoms with Crippen LogP contribution in [0.3, 0.4) is 0 Å². The lowest BCUT2D eigenvalue weighted by molar-refractivity contribution is -0.145. The van der Waals surface area contributed by atoms with Gasteiger partial charge in [0, 0.05) is 26.9 Å². The molecule has 0 amide bonds. The van der Waals surface area contributed by atoms with Crippen LogP contribution in [0.2, 0.25) is 0 Å². The van der Waals surface area contributed by atoms with E-state index in [4.69, 9.17) is 14.2 Å². The van der Waals surface area contributed by atoms with Gasteiger partial charge in [0.1, 0.15) is 5.54 Å². The van der Waals surface area contributed by atoms with E-state index < -0.39 is 11.5 Å². The maximum atomic E-state index is 11.2. The summed E-state index contributed by atoms with van der Waals surface area (Å²) in [6.45, 7) is 7.23. The Kier molecular flexibility index (Phi) is 11.7. The third-order valence-corrected chi connectivity index (χ3v) is 2.99. The van der Waals surface area contributed by atoms with Crippen LogP contribution in [0.1, 0.15) is 33.1 Å². The van der Waals surface area contributed by atoms with Crippen LogP contribution >= 0.6 is 0 Å². The number of methoxy groups -OCH3 is 1. The molecule has 0 aliphatic rings. The lowest BCUT2D eigenvalue weighted by Crippen LogP contribution is -2.50. The van der Waals surface area contributed by atoms with Gasteiger partial charge in [0.15, 0.2) is 0 Å². The zero-order chi connectivity index (χ0) is 15.3. The van der Waals surface area contributed by atoms with Gasteiger partial charge in [-0.2, -0.15) is 0 Å². The number of rotatable bonds is 14. The predicted molar refractivity (Wildman–Crippen MR) is 77.1 cm³/mol. The van der Waals surface area contributed by atoms with Crippen LogP contribution < -0.4 is 5.32 Å². The summed E-state index contributed by atoms with van der Waals surface area (Å²) < 4.78 is 15.6. The molecule has 20 heavy (non-hydrogen) atoms. The number of hydrogen-bond acceptors (Lipinski definition) is 5. The van der Waals surface area contributed by atoms with E-state index in [1.54, 1.807) is 14.0 Å². The fraction of sp³-hybridized carbons (Fsp3) is 0.929. The average Bonchev–Trinajstić information content (AvgIpc) is 2.43. The normalized spacial score (nSPS) is 14.2. The van der Waals surface area contributed by atoms with Gasteiger partial charge in [-0.3, -0.25) is 4.79 Å². The summed E-state index contributed by atoms with van der Waals surface area (Å²) >= 11 is 0. The van der Waals surface area contributed by atoms with Gasteiger partial charge in [-0.05, 0) is 32.7 Å². The Hall–Kier alpha value is -0.690. The first-order valence-electron chi connectivity index (χ1n) is 7.19. The topological polar surface area (TPSA) is 77.0 Å². The summed E-state index contributed by atoms with van der Waals surface area (Å²) in [4.78, 5) is 11.2. The van der Waals surface area contributed by atoms with Gasteiger partial charge in [0.2, 0.25) is 0 Å². The van der Waals surface area contributed by atoms with E-state index >= 15 is 0 Å². The molecule has 0 aromatic heterocycles. The van der Waals surface area contributed by atoms with E-state index in [0.29, 0.717) is 46.0 Å². The van der Waals surface area contributed by atoms with E-state index in [1.807, 2.05) is 6.92 Å². The van der Waals surface area contributed by atoms with E-state index in [9.17, 15) is 9.90 Å². The van der Waals surface area contributed by atoms with Crippen LogP contribution in [0.15, 0.2) is 0 Å². The van der Waals surface area contributed by atoms with Crippen molar-refractivity contribution in [3.05, 3.63) is 0 Å². The number of carbonyl (C=O) groups is 1. The number of aliphatic carboxylic acids is 1. The lowest BCUT2D eigenvalue weighted by Gasteiger charge is -2.26. The van der Waals surface area contributed by atoms with Crippen molar-refractivity contribution in [1.29, 1.82) is 0 Å². The first-order chi connectivity index (χ1) is 9.56. The van der Waals surface area contributed by atoms with Gasteiger partial charge < -0.3 is 24.6 Å². The molecule has 0 spiro atoms. The smallest absolute Gasteiger partial charge is 0.323 e. The van der Waals surface area contributed by atoms with Crippen LogP contribution in [0, 0.1) is 0 Å². The molecule has 0 aromatic carbocycles. The van der Waals surface area contributed by atoms with Crippen LogP contribution in [0.4, 0.5) is 0 Å². The SMILES string of the molecule is CCCNC(C)(CCOCCCOCCOC)C(=O)O. The Balaban J connectivity index is 3.61. The number of hydrogen-bond donors (Lipinski definition) is 2. The third-order valence-electron chi connectivity index (χ3n) is 2.99. The summed E-state index contributed by atoms with van der Waals surface area (Å²) in [5.41, 5.74) is -0.912. The largest absolute Gasteiger partial charge is 0.480 e. The molecular weight excluding hydrogens is 262 g/mol. The minimum atomic E-state index is -0.912. The first kappa shape index (κ1) is 19.3. The quantitative estimate of drug-likeness (QED) is 0.470.